The number of hydrogen-bond acceptors (Lipinski definition) is 3. The highest BCUT2D eigenvalue weighted by atomic mass is 79.9. The third kappa shape index (κ3) is 3.49. The molecule has 3 nitrogen and oxygen atoms in total. The molecule has 0 amide bonds. The molecule has 0 fully saturated rings. The van der Waals surface area contributed by atoms with Gasteiger partial charge in [0.25, 0.3) is 10.0 Å². The van der Waals surface area contributed by atoms with E-state index >= 15 is 0 Å². The van der Waals surface area contributed by atoms with Crippen LogP contribution < -0.4 is 0 Å². The molecule has 0 saturated carbocycles. The summed E-state index contributed by atoms with van der Waals surface area (Å²) in [6.45, 7) is 2.83. The molecule has 0 bridgehead atoms. The van der Waals surface area contributed by atoms with Gasteiger partial charge >= 0.3 is 0 Å². The van der Waals surface area contributed by atoms with Gasteiger partial charge in [0.05, 0.1) is 0 Å². The SMILES string of the molecule is CCN(CCc1ccccc1)S(=O)(=O)c1sccc1Br. The zero-order chi connectivity index (χ0) is 14.6. The Kier molecular flexibility index (Phi) is 5.37. The zero-order valence-electron chi connectivity index (χ0n) is 11.1. The largest absolute Gasteiger partial charge is 0.253 e. The first-order valence-corrected chi connectivity index (χ1v) is 9.44. The van der Waals surface area contributed by atoms with Crippen molar-refractivity contribution in [3.8, 4) is 0 Å². The Morgan fingerprint density at radius 1 is 1.20 bits per heavy atom. The Labute approximate surface area is 132 Å². The van der Waals surface area contributed by atoms with Crippen LogP contribution in [0.3, 0.4) is 0 Å². The molecule has 0 spiro atoms. The van der Waals surface area contributed by atoms with Gasteiger partial charge in [-0.25, -0.2) is 8.42 Å². The molecule has 0 aliphatic heterocycles. The van der Waals surface area contributed by atoms with Crippen molar-refractivity contribution in [1.82, 2.24) is 4.31 Å². The Morgan fingerprint density at radius 2 is 1.90 bits per heavy atom. The first-order valence-electron chi connectivity index (χ1n) is 6.32. The number of rotatable bonds is 6. The topological polar surface area (TPSA) is 37.4 Å². The number of benzene rings is 1. The average molecular weight is 374 g/mol. The zero-order valence-corrected chi connectivity index (χ0v) is 14.3. The maximum atomic E-state index is 12.6. The molecule has 0 unspecified atom stereocenters. The monoisotopic (exact) mass is 373 g/mol. The van der Waals surface area contributed by atoms with Gasteiger partial charge in [-0.2, -0.15) is 4.31 Å². The standard InChI is InChI=1S/C14H16BrNO2S2/c1-2-16(10-8-12-6-4-3-5-7-12)20(17,18)14-13(15)9-11-19-14/h3-7,9,11H,2,8,10H2,1H3. The predicted octanol–water partition coefficient (Wildman–Crippen LogP) is 3.76. The van der Waals surface area contributed by atoms with Crippen LogP contribution in [0.15, 0.2) is 50.5 Å². The molecule has 1 aromatic heterocycles. The molecule has 2 rings (SSSR count). The molecule has 20 heavy (non-hydrogen) atoms. The summed E-state index contributed by atoms with van der Waals surface area (Å²) in [5, 5.41) is 1.78. The molecular weight excluding hydrogens is 358 g/mol. The molecule has 0 aliphatic rings. The van der Waals surface area contributed by atoms with E-state index in [-0.39, 0.29) is 0 Å². The Hall–Kier alpha value is -0.690. The van der Waals surface area contributed by atoms with Gasteiger partial charge in [-0.1, -0.05) is 37.3 Å². The van der Waals surface area contributed by atoms with E-state index in [1.54, 1.807) is 11.4 Å². The fourth-order valence-corrected chi connectivity index (χ4v) is 5.83. The maximum absolute atomic E-state index is 12.6. The van der Waals surface area contributed by atoms with E-state index in [0.29, 0.717) is 21.8 Å². The van der Waals surface area contributed by atoms with E-state index in [1.807, 2.05) is 37.3 Å². The van der Waals surface area contributed by atoms with Gasteiger partial charge < -0.3 is 0 Å². The molecular formula is C14H16BrNO2S2. The minimum atomic E-state index is -3.40. The lowest BCUT2D eigenvalue weighted by atomic mass is 10.1. The van der Waals surface area contributed by atoms with Gasteiger partial charge in [-0.3, -0.25) is 0 Å². The van der Waals surface area contributed by atoms with E-state index in [0.717, 1.165) is 12.0 Å². The highest BCUT2D eigenvalue weighted by Gasteiger charge is 2.26. The lowest BCUT2D eigenvalue weighted by Crippen LogP contribution is -2.32. The summed E-state index contributed by atoms with van der Waals surface area (Å²) in [5.74, 6) is 0. The summed E-state index contributed by atoms with van der Waals surface area (Å²) in [7, 11) is -3.40. The van der Waals surface area contributed by atoms with Crippen molar-refractivity contribution in [1.29, 1.82) is 0 Å². The molecule has 0 aliphatic carbocycles. The molecule has 6 heteroatoms. The maximum Gasteiger partial charge on any atom is 0.253 e. The van der Waals surface area contributed by atoms with E-state index in [9.17, 15) is 8.42 Å². The molecule has 0 atom stereocenters. The molecule has 2 aromatic rings. The second-order valence-corrected chi connectivity index (χ2v) is 8.19. The van der Waals surface area contributed by atoms with Gasteiger partial charge in [0.1, 0.15) is 4.21 Å². The van der Waals surface area contributed by atoms with Gasteiger partial charge in [-0.15, -0.1) is 11.3 Å². The van der Waals surface area contributed by atoms with Gasteiger partial charge in [0.15, 0.2) is 0 Å². The highest BCUT2D eigenvalue weighted by Crippen LogP contribution is 2.30. The normalized spacial score (nSPS) is 11.9. The third-order valence-electron chi connectivity index (χ3n) is 3.00. The molecule has 108 valence electrons. The van der Waals surface area contributed by atoms with Crippen LogP contribution in [0.4, 0.5) is 0 Å². The first kappa shape index (κ1) is 15.7. The minimum absolute atomic E-state index is 0.382. The molecule has 1 heterocycles. The average Bonchev–Trinajstić information content (AvgIpc) is 2.87. The van der Waals surface area contributed by atoms with Crippen molar-refractivity contribution in [3.63, 3.8) is 0 Å². The Morgan fingerprint density at radius 3 is 2.45 bits per heavy atom. The predicted molar refractivity (Wildman–Crippen MR) is 86.6 cm³/mol. The summed E-state index contributed by atoms with van der Waals surface area (Å²) >= 11 is 4.55. The summed E-state index contributed by atoms with van der Waals surface area (Å²) in [5.41, 5.74) is 1.14. The van der Waals surface area contributed by atoms with Crippen molar-refractivity contribution in [2.24, 2.45) is 0 Å². The van der Waals surface area contributed by atoms with Crippen molar-refractivity contribution in [3.05, 3.63) is 51.8 Å². The van der Waals surface area contributed by atoms with Gasteiger partial charge in [-0.05, 0) is 39.4 Å². The van der Waals surface area contributed by atoms with Crippen molar-refractivity contribution in [2.75, 3.05) is 13.1 Å². The summed E-state index contributed by atoms with van der Waals surface area (Å²) in [6, 6.07) is 11.7. The van der Waals surface area contributed by atoms with E-state index < -0.39 is 10.0 Å². The summed E-state index contributed by atoms with van der Waals surface area (Å²) < 4.78 is 27.7. The number of thiophene rings is 1. The van der Waals surface area contributed by atoms with Crippen LogP contribution in [-0.2, 0) is 16.4 Å². The lowest BCUT2D eigenvalue weighted by Gasteiger charge is -2.19. The Balaban J connectivity index is 2.14. The number of hydrogen-bond donors (Lipinski definition) is 0. The van der Waals surface area contributed by atoms with E-state index in [1.165, 1.54) is 15.6 Å². The number of likely N-dealkylation sites (N-methyl/N-ethyl adjacent to an activating group) is 1. The van der Waals surface area contributed by atoms with Crippen LogP contribution in [0.2, 0.25) is 0 Å². The second-order valence-electron chi connectivity index (χ2n) is 4.29. The number of sulfonamides is 1. The third-order valence-corrected chi connectivity index (χ3v) is 7.63. The van der Waals surface area contributed by atoms with Crippen molar-refractivity contribution in [2.45, 2.75) is 17.6 Å². The smallest absolute Gasteiger partial charge is 0.206 e. The molecule has 1 aromatic carbocycles. The molecule has 0 saturated heterocycles. The van der Waals surface area contributed by atoms with E-state index in [2.05, 4.69) is 15.9 Å². The van der Waals surface area contributed by atoms with Crippen LogP contribution in [-0.4, -0.2) is 25.8 Å². The fourth-order valence-electron chi connectivity index (χ4n) is 1.93. The van der Waals surface area contributed by atoms with Crippen LogP contribution >= 0.6 is 27.3 Å². The fraction of sp³-hybridized carbons (Fsp3) is 0.286. The molecule has 0 N–H and O–H groups in total. The van der Waals surface area contributed by atoms with Crippen molar-refractivity contribution < 1.29 is 8.42 Å². The quantitative estimate of drug-likeness (QED) is 0.772. The van der Waals surface area contributed by atoms with Gasteiger partial charge in [0.2, 0.25) is 0 Å². The van der Waals surface area contributed by atoms with Crippen LogP contribution in [0.1, 0.15) is 12.5 Å². The van der Waals surface area contributed by atoms with E-state index in [4.69, 9.17) is 0 Å². The minimum Gasteiger partial charge on any atom is -0.206 e. The number of nitrogens with zero attached hydrogens (tertiary/aromatic N) is 1. The summed E-state index contributed by atoms with van der Waals surface area (Å²) in [4.78, 5) is 0. The first-order chi connectivity index (χ1) is 9.55. The Bertz CT molecular complexity index is 653. The lowest BCUT2D eigenvalue weighted by molar-refractivity contribution is 0.432. The van der Waals surface area contributed by atoms with Crippen LogP contribution in [0, 0.1) is 0 Å². The van der Waals surface area contributed by atoms with Crippen LogP contribution in [0.5, 0.6) is 0 Å². The number of halogens is 1. The molecule has 0 radical (unpaired) electrons. The van der Waals surface area contributed by atoms with Crippen molar-refractivity contribution >= 4 is 37.3 Å². The van der Waals surface area contributed by atoms with Crippen LogP contribution in [0.25, 0.3) is 0 Å². The second kappa shape index (κ2) is 6.85. The highest BCUT2D eigenvalue weighted by molar-refractivity contribution is 9.10. The summed E-state index contributed by atoms with van der Waals surface area (Å²) in [6.07, 6.45) is 0.719. The van der Waals surface area contributed by atoms with Gasteiger partial charge in [0, 0.05) is 17.6 Å².